The zero-order valence-electron chi connectivity index (χ0n) is 9.70. The second-order valence-corrected chi connectivity index (χ2v) is 5.77. The molecule has 1 fully saturated rings. The molecule has 0 aromatic heterocycles. The molecule has 0 radical (unpaired) electrons. The van der Waals surface area contributed by atoms with Gasteiger partial charge in [0.25, 0.3) is 5.79 Å². The fourth-order valence-electron chi connectivity index (χ4n) is 2.30. The summed E-state index contributed by atoms with van der Waals surface area (Å²) in [5, 5.41) is 9.45. The molecule has 1 aromatic carbocycles. The molecular weight excluding hydrogens is 284 g/mol. The van der Waals surface area contributed by atoms with Crippen LogP contribution in [0.25, 0.3) is 0 Å². The number of aliphatic hydroxyl groups is 1. The Morgan fingerprint density at radius 1 is 1.35 bits per heavy atom. The third-order valence-electron chi connectivity index (χ3n) is 3.34. The highest BCUT2D eigenvalue weighted by atomic mass is 79.9. The van der Waals surface area contributed by atoms with Crippen LogP contribution in [-0.4, -0.2) is 17.0 Å². The van der Waals surface area contributed by atoms with Gasteiger partial charge in [0.15, 0.2) is 11.5 Å². The third kappa shape index (κ3) is 1.93. The fraction of sp³-hybridized carbons (Fsp3) is 0.538. The highest BCUT2D eigenvalue weighted by Gasteiger charge is 2.47. The molecule has 1 aliphatic carbocycles. The molecule has 1 spiro atoms. The zero-order valence-corrected chi connectivity index (χ0v) is 11.3. The standard InChI is InChI=1S/C13H15BrO3/c1-8(15)5-9-6-11-12(7-10(9)14)17-13(16-11)3-2-4-13/h6-8,15H,2-5H2,1H3. The maximum atomic E-state index is 9.45. The lowest BCUT2D eigenvalue weighted by Crippen LogP contribution is -2.45. The average molecular weight is 299 g/mol. The number of benzene rings is 1. The van der Waals surface area contributed by atoms with Crippen molar-refractivity contribution in [3.8, 4) is 11.5 Å². The summed E-state index contributed by atoms with van der Waals surface area (Å²) < 4.78 is 12.7. The lowest BCUT2D eigenvalue weighted by Gasteiger charge is -2.35. The second kappa shape index (κ2) is 3.89. The number of aliphatic hydroxyl groups excluding tert-OH is 1. The highest BCUT2D eigenvalue weighted by molar-refractivity contribution is 9.10. The van der Waals surface area contributed by atoms with E-state index in [0.717, 1.165) is 40.8 Å². The topological polar surface area (TPSA) is 38.7 Å². The van der Waals surface area contributed by atoms with Crippen LogP contribution < -0.4 is 9.47 Å². The van der Waals surface area contributed by atoms with Gasteiger partial charge in [-0.25, -0.2) is 0 Å². The Kier molecular flexibility index (Phi) is 2.60. The normalized spacial score (nSPS) is 21.4. The molecule has 1 saturated carbocycles. The van der Waals surface area contributed by atoms with Gasteiger partial charge in [0.05, 0.1) is 6.10 Å². The van der Waals surface area contributed by atoms with Crippen molar-refractivity contribution >= 4 is 15.9 Å². The van der Waals surface area contributed by atoms with Gasteiger partial charge in [-0.3, -0.25) is 0 Å². The summed E-state index contributed by atoms with van der Waals surface area (Å²) in [5.74, 6) is 1.24. The number of hydrogen-bond donors (Lipinski definition) is 1. The predicted octanol–water partition coefficient (Wildman–Crippen LogP) is 3.02. The quantitative estimate of drug-likeness (QED) is 0.912. The maximum Gasteiger partial charge on any atom is 0.251 e. The molecule has 0 amide bonds. The van der Waals surface area contributed by atoms with E-state index in [4.69, 9.17) is 9.47 Å². The van der Waals surface area contributed by atoms with Gasteiger partial charge in [-0.15, -0.1) is 0 Å². The SMILES string of the molecule is CC(O)Cc1cc2c(cc1Br)OC1(CCC1)O2. The smallest absolute Gasteiger partial charge is 0.251 e. The molecule has 1 N–H and O–H groups in total. The zero-order chi connectivity index (χ0) is 12.0. The first-order valence-corrected chi connectivity index (χ1v) is 6.76. The van der Waals surface area contributed by atoms with E-state index in [1.807, 2.05) is 12.1 Å². The number of halogens is 1. The molecule has 1 unspecified atom stereocenters. The molecule has 1 atom stereocenters. The van der Waals surface area contributed by atoms with Gasteiger partial charge in [-0.2, -0.15) is 0 Å². The van der Waals surface area contributed by atoms with Crippen LogP contribution in [0.3, 0.4) is 0 Å². The number of fused-ring (bicyclic) bond motifs is 1. The Labute approximate surface area is 109 Å². The lowest BCUT2D eigenvalue weighted by atomic mass is 9.91. The predicted molar refractivity (Wildman–Crippen MR) is 67.4 cm³/mol. The Hall–Kier alpha value is -0.740. The van der Waals surface area contributed by atoms with Crippen molar-refractivity contribution in [2.75, 3.05) is 0 Å². The Balaban J connectivity index is 1.90. The Morgan fingerprint density at radius 3 is 2.53 bits per heavy atom. The lowest BCUT2D eigenvalue weighted by molar-refractivity contribution is -0.138. The van der Waals surface area contributed by atoms with Crippen molar-refractivity contribution in [1.82, 2.24) is 0 Å². The summed E-state index contributed by atoms with van der Waals surface area (Å²) in [6.45, 7) is 1.78. The molecule has 0 bridgehead atoms. The highest BCUT2D eigenvalue weighted by Crippen LogP contribution is 2.49. The maximum absolute atomic E-state index is 9.45. The van der Waals surface area contributed by atoms with E-state index in [2.05, 4.69) is 15.9 Å². The Bertz CT molecular complexity index is 452. The van der Waals surface area contributed by atoms with Gasteiger partial charge in [0, 0.05) is 17.3 Å². The molecule has 1 heterocycles. The van der Waals surface area contributed by atoms with Gasteiger partial charge in [-0.05, 0) is 37.5 Å². The Morgan fingerprint density at radius 2 is 2.00 bits per heavy atom. The largest absolute Gasteiger partial charge is 0.448 e. The van der Waals surface area contributed by atoms with Gasteiger partial charge in [0.1, 0.15) is 0 Å². The second-order valence-electron chi connectivity index (χ2n) is 4.91. The van der Waals surface area contributed by atoms with Crippen LogP contribution in [-0.2, 0) is 6.42 Å². The van der Waals surface area contributed by atoms with Crippen molar-refractivity contribution < 1.29 is 14.6 Å². The van der Waals surface area contributed by atoms with Crippen LogP contribution in [0.5, 0.6) is 11.5 Å². The van der Waals surface area contributed by atoms with Crippen LogP contribution in [0.1, 0.15) is 31.7 Å². The molecule has 1 aromatic rings. The third-order valence-corrected chi connectivity index (χ3v) is 4.07. The van der Waals surface area contributed by atoms with E-state index in [1.54, 1.807) is 6.92 Å². The summed E-state index contributed by atoms with van der Waals surface area (Å²) in [6, 6.07) is 3.92. The van der Waals surface area contributed by atoms with Gasteiger partial charge >= 0.3 is 0 Å². The van der Waals surface area contributed by atoms with Crippen LogP contribution in [0, 0.1) is 0 Å². The van der Waals surface area contributed by atoms with E-state index in [1.165, 1.54) is 0 Å². The van der Waals surface area contributed by atoms with Crippen molar-refractivity contribution in [2.24, 2.45) is 0 Å². The average Bonchev–Trinajstić information content (AvgIpc) is 2.56. The van der Waals surface area contributed by atoms with Gasteiger partial charge in [0.2, 0.25) is 0 Å². The fourth-order valence-corrected chi connectivity index (χ4v) is 2.79. The molecule has 3 nitrogen and oxygen atoms in total. The van der Waals surface area contributed by atoms with E-state index < -0.39 is 0 Å². The van der Waals surface area contributed by atoms with E-state index in [9.17, 15) is 5.11 Å². The molecule has 1 aliphatic heterocycles. The van der Waals surface area contributed by atoms with E-state index in [-0.39, 0.29) is 11.9 Å². The minimum Gasteiger partial charge on any atom is -0.448 e. The molecule has 17 heavy (non-hydrogen) atoms. The molecule has 92 valence electrons. The number of ether oxygens (including phenoxy) is 2. The molecular formula is C13H15BrO3. The summed E-state index contributed by atoms with van der Waals surface area (Å²) in [6.07, 6.45) is 3.35. The monoisotopic (exact) mass is 298 g/mol. The molecule has 4 heteroatoms. The minimum absolute atomic E-state index is 0.357. The van der Waals surface area contributed by atoms with Gasteiger partial charge < -0.3 is 14.6 Å². The van der Waals surface area contributed by atoms with Crippen LogP contribution >= 0.6 is 15.9 Å². The first-order chi connectivity index (χ1) is 8.08. The van der Waals surface area contributed by atoms with Gasteiger partial charge in [-0.1, -0.05) is 15.9 Å². The minimum atomic E-state index is -0.384. The number of hydrogen-bond acceptors (Lipinski definition) is 3. The number of rotatable bonds is 2. The van der Waals surface area contributed by atoms with E-state index in [0.29, 0.717) is 6.42 Å². The summed E-state index contributed by atoms with van der Waals surface area (Å²) in [4.78, 5) is 0. The van der Waals surface area contributed by atoms with Crippen LogP contribution in [0.15, 0.2) is 16.6 Å². The molecule has 0 saturated heterocycles. The summed E-state index contributed by atoms with van der Waals surface area (Å²) in [7, 11) is 0. The summed E-state index contributed by atoms with van der Waals surface area (Å²) in [5.41, 5.74) is 1.05. The van der Waals surface area contributed by atoms with Crippen molar-refractivity contribution in [3.63, 3.8) is 0 Å². The van der Waals surface area contributed by atoms with Crippen LogP contribution in [0.4, 0.5) is 0 Å². The van der Waals surface area contributed by atoms with E-state index >= 15 is 0 Å². The van der Waals surface area contributed by atoms with Crippen molar-refractivity contribution in [1.29, 1.82) is 0 Å². The first kappa shape index (κ1) is 11.4. The molecule has 3 rings (SSSR count). The summed E-state index contributed by atoms with van der Waals surface area (Å²) >= 11 is 3.51. The first-order valence-electron chi connectivity index (χ1n) is 5.96. The van der Waals surface area contributed by atoms with Crippen LogP contribution in [0.2, 0.25) is 0 Å². The van der Waals surface area contributed by atoms with Crippen molar-refractivity contribution in [2.45, 2.75) is 44.5 Å². The van der Waals surface area contributed by atoms with Crippen molar-refractivity contribution in [3.05, 3.63) is 22.2 Å². The molecule has 2 aliphatic rings.